The second-order valence-corrected chi connectivity index (χ2v) is 6.14. The molecule has 0 fully saturated rings. The van der Waals surface area contributed by atoms with Crippen LogP contribution in [0.4, 0.5) is 0 Å². The van der Waals surface area contributed by atoms with E-state index in [2.05, 4.69) is 61.6 Å². The zero-order valence-corrected chi connectivity index (χ0v) is 20.8. The second-order valence-electron chi connectivity index (χ2n) is 6.14. The minimum Gasteiger partial charge on any atom is -0.373 e. The van der Waals surface area contributed by atoms with Crippen LogP contribution in [-0.2, 0) is 0 Å². The van der Waals surface area contributed by atoms with Crippen LogP contribution in [0.1, 0.15) is 27.7 Å². The molecule has 184 valence electrons. The first kappa shape index (κ1) is 31.5. The molecule has 0 radical (unpaired) electrons. The highest BCUT2D eigenvalue weighted by Crippen LogP contribution is 1.77. The first-order valence-electron chi connectivity index (χ1n) is 11.2. The number of nitrogens with zero attached hydrogens (tertiary/aromatic N) is 2. The Bertz CT molecular complexity index is 566. The van der Waals surface area contributed by atoms with Gasteiger partial charge in [0.2, 0.25) is 0 Å². The summed E-state index contributed by atoms with van der Waals surface area (Å²) in [4.78, 5) is 7.57. The minimum absolute atomic E-state index is 0.623. The van der Waals surface area contributed by atoms with Crippen molar-refractivity contribution in [1.29, 1.82) is 0 Å². The Morgan fingerprint density at radius 1 is 0.485 bits per heavy atom. The van der Waals surface area contributed by atoms with Gasteiger partial charge < -0.3 is 31.9 Å². The van der Waals surface area contributed by atoms with Gasteiger partial charge in [-0.2, -0.15) is 0 Å². The molecule has 0 aliphatic rings. The molecular weight excluding hydrogens is 412 g/mol. The molecule has 0 amide bonds. The Balaban J connectivity index is 0. The summed E-state index contributed by atoms with van der Waals surface area (Å²) in [6.07, 6.45) is 7.00. The van der Waals surface area contributed by atoms with E-state index in [-0.39, 0.29) is 0 Å². The molecule has 2 aromatic rings. The van der Waals surface area contributed by atoms with Gasteiger partial charge >= 0.3 is 0 Å². The first-order valence-corrected chi connectivity index (χ1v) is 11.2. The SMILES string of the molecule is C=C(NCC)NCC.C=C(NCC)NCNC(=C)NCC.c1ccncc1.c1ccncc1. The van der Waals surface area contributed by atoms with E-state index in [4.69, 9.17) is 0 Å². The molecule has 33 heavy (non-hydrogen) atoms. The van der Waals surface area contributed by atoms with Gasteiger partial charge in [0.05, 0.1) is 24.1 Å². The summed E-state index contributed by atoms with van der Waals surface area (Å²) in [6, 6.07) is 11.4. The Morgan fingerprint density at radius 2 is 0.758 bits per heavy atom. The number of pyridine rings is 2. The van der Waals surface area contributed by atoms with Crippen molar-refractivity contribution in [2.75, 3.05) is 32.8 Å². The van der Waals surface area contributed by atoms with Crippen LogP contribution >= 0.6 is 0 Å². The third kappa shape index (κ3) is 28.3. The summed E-state index contributed by atoms with van der Waals surface area (Å²) in [5.74, 6) is 2.55. The van der Waals surface area contributed by atoms with E-state index in [9.17, 15) is 0 Å². The van der Waals surface area contributed by atoms with E-state index in [1.807, 2.05) is 64.1 Å². The molecule has 2 rings (SSSR count). The Labute approximate surface area is 201 Å². The van der Waals surface area contributed by atoms with Crippen molar-refractivity contribution >= 4 is 0 Å². The largest absolute Gasteiger partial charge is 0.373 e. The summed E-state index contributed by atoms with van der Waals surface area (Å²) < 4.78 is 0. The van der Waals surface area contributed by atoms with Crippen molar-refractivity contribution in [2.45, 2.75) is 27.7 Å². The summed E-state index contributed by atoms with van der Waals surface area (Å²) in [7, 11) is 0. The van der Waals surface area contributed by atoms with Gasteiger partial charge in [-0.3, -0.25) is 9.97 Å². The Morgan fingerprint density at radius 3 is 0.939 bits per heavy atom. The highest BCUT2D eigenvalue weighted by atomic mass is 15.2. The fraction of sp³-hybridized carbons (Fsp3) is 0.360. The number of rotatable bonds is 12. The van der Waals surface area contributed by atoms with Gasteiger partial charge in [0.25, 0.3) is 0 Å². The van der Waals surface area contributed by atoms with Gasteiger partial charge in [-0.25, -0.2) is 0 Å². The molecule has 0 aliphatic heterocycles. The van der Waals surface area contributed by atoms with Gasteiger partial charge in [-0.05, 0) is 52.0 Å². The molecule has 2 heterocycles. The van der Waals surface area contributed by atoms with E-state index < -0.39 is 0 Å². The van der Waals surface area contributed by atoms with Gasteiger partial charge in [0.15, 0.2) is 0 Å². The van der Waals surface area contributed by atoms with Crippen molar-refractivity contribution in [3.05, 3.63) is 98.4 Å². The van der Waals surface area contributed by atoms with E-state index in [0.29, 0.717) is 6.67 Å². The average Bonchev–Trinajstić information content (AvgIpc) is 2.83. The smallest absolute Gasteiger partial charge is 0.0926 e. The topological polar surface area (TPSA) is 98.0 Å². The fourth-order valence-electron chi connectivity index (χ4n) is 1.92. The van der Waals surface area contributed by atoms with Crippen LogP contribution in [-0.4, -0.2) is 42.8 Å². The molecule has 0 unspecified atom stereocenters. The quantitative estimate of drug-likeness (QED) is 0.271. The lowest BCUT2D eigenvalue weighted by Crippen LogP contribution is -2.36. The highest BCUT2D eigenvalue weighted by Gasteiger charge is 1.90. The van der Waals surface area contributed by atoms with Crippen LogP contribution in [0.25, 0.3) is 0 Å². The summed E-state index contributed by atoms with van der Waals surface area (Å²) >= 11 is 0. The van der Waals surface area contributed by atoms with E-state index in [1.54, 1.807) is 24.8 Å². The third-order valence-electron chi connectivity index (χ3n) is 3.30. The maximum atomic E-state index is 3.78. The molecule has 8 heteroatoms. The molecular formula is C25H44N8. The van der Waals surface area contributed by atoms with Gasteiger partial charge in [0.1, 0.15) is 0 Å². The van der Waals surface area contributed by atoms with Gasteiger partial charge in [-0.15, -0.1) is 0 Å². The Kier molecular flexibility index (Phi) is 25.2. The van der Waals surface area contributed by atoms with Crippen LogP contribution < -0.4 is 31.9 Å². The van der Waals surface area contributed by atoms with Crippen molar-refractivity contribution in [2.24, 2.45) is 0 Å². The van der Waals surface area contributed by atoms with Crippen molar-refractivity contribution in [3.63, 3.8) is 0 Å². The number of hydrogen-bond acceptors (Lipinski definition) is 8. The van der Waals surface area contributed by atoms with Crippen molar-refractivity contribution in [3.8, 4) is 0 Å². The predicted molar refractivity (Wildman–Crippen MR) is 142 cm³/mol. The number of hydrogen-bond donors (Lipinski definition) is 6. The maximum absolute atomic E-state index is 3.78. The molecule has 2 aromatic heterocycles. The Hall–Kier alpha value is -3.68. The lowest BCUT2D eigenvalue weighted by atomic mass is 10.5. The van der Waals surface area contributed by atoms with Crippen LogP contribution in [0, 0.1) is 0 Å². The van der Waals surface area contributed by atoms with Gasteiger partial charge in [-0.1, -0.05) is 31.9 Å². The lowest BCUT2D eigenvalue weighted by Gasteiger charge is -2.14. The predicted octanol–water partition coefficient (Wildman–Crippen LogP) is 3.12. The molecule has 0 bridgehead atoms. The van der Waals surface area contributed by atoms with Crippen LogP contribution in [0.5, 0.6) is 0 Å². The molecule has 0 saturated carbocycles. The monoisotopic (exact) mass is 456 g/mol. The van der Waals surface area contributed by atoms with Crippen molar-refractivity contribution < 1.29 is 0 Å². The van der Waals surface area contributed by atoms with E-state index in [1.165, 1.54) is 0 Å². The van der Waals surface area contributed by atoms with Crippen LogP contribution in [0.15, 0.2) is 98.4 Å². The molecule has 6 N–H and O–H groups in total. The molecule has 0 aliphatic carbocycles. The molecule has 0 atom stereocenters. The molecule has 0 saturated heterocycles. The van der Waals surface area contributed by atoms with E-state index >= 15 is 0 Å². The minimum atomic E-state index is 0.623. The maximum Gasteiger partial charge on any atom is 0.0926 e. The summed E-state index contributed by atoms with van der Waals surface area (Å²) in [6.45, 7) is 23.6. The highest BCUT2D eigenvalue weighted by molar-refractivity contribution is 4.91. The molecule has 8 nitrogen and oxygen atoms in total. The molecule has 0 spiro atoms. The fourth-order valence-corrected chi connectivity index (χ4v) is 1.92. The van der Waals surface area contributed by atoms with Crippen LogP contribution in [0.3, 0.4) is 0 Å². The van der Waals surface area contributed by atoms with Crippen LogP contribution in [0.2, 0.25) is 0 Å². The molecule has 0 aromatic carbocycles. The number of nitrogens with one attached hydrogen (secondary N) is 6. The van der Waals surface area contributed by atoms with Gasteiger partial charge in [0, 0.05) is 51.0 Å². The zero-order valence-electron chi connectivity index (χ0n) is 20.8. The standard InChI is InChI=1S/C9H20N4.C6H14N2.2C5H5N/c1-5-10-8(3)12-7-13-9(4)11-6-2;1-4-7-6(3)8-5-2;2*1-2-4-6-5-3-1/h10-13H,3-7H2,1-2H3;7-8H,3-5H2,1-2H3;2*1-5H. The average molecular weight is 457 g/mol. The van der Waals surface area contributed by atoms with E-state index in [0.717, 1.165) is 43.6 Å². The summed E-state index contributed by atoms with van der Waals surface area (Å²) in [5.41, 5.74) is 0. The van der Waals surface area contributed by atoms with Crippen molar-refractivity contribution in [1.82, 2.24) is 41.9 Å². The first-order chi connectivity index (χ1) is 16.0. The third-order valence-corrected chi connectivity index (χ3v) is 3.30. The normalized spacial score (nSPS) is 8.36. The number of aromatic nitrogens is 2. The lowest BCUT2D eigenvalue weighted by molar-refractivity contribution is 0.624. The summed E-state index contributed by atoms with van der Waals surface area (Å²) in [5, 5.41) is 18.3. The second kappa shape index (κ2) is 26.4. The zero-order chi connectivity index (χ0) is 25.0.